The Morgan fingerprint density at radius 3 is 2.56 bits per heavy atom. The van der Waals surface area contributed by atoms with Gasteiger partial charge in [-0.2, -0.15) is 0 Å². The number of aryl methyl sites for hydroxylation is 1. The average Bonchev–Trinajstić information content (AvgIpc) is 2.66. The summed E-state index contributed by atoms with van der Waals surface area (Å²) < 4.78 is 1.71. The summed E-state index contributed by atoms with van der Waals surface area (Å²) in [6.45, 7) is 7.61. The lowest BCUT2D eigenvalue weighted by molar-refractivity contribution is 0.487. The van der Waals surface area contributed by atoms with Gasteiger partial charge in [0, 0.05) is 24.9 Å². The number of aromatic nitrogens is 4. The second-order valence-electron chi connectivity index (χ2n) is 3.94. The highest BCUT2D eigenvalue weighted by Gasteiger charge is 2.11. The molecule has 1 heterocycles. The lowest BCUT2D eigenvalue weighted by Gasteiger charge is -2.17. The minimum atomic E-state index is 0.477. The molecule has 1 unspecified atom stereocenters. The highest BCUT2D eigenvalue weighted by atomic mass is 32.2. The summed E-state index contributed by atoms with van der Waals surface area (Å²) >= 11 is 1.70. The number of rotatable bonds is 7. The maximum Gasteiger partial charge on any atom is 0.209 e. The van der Waals surface area contributed by atoms with Crippen LogP contribution in [0.25, 0.3) is 0 Å². The molecule has 92 valence electrons. The van der Waals surface area contributed by atoms with E-state index in [9.17, 15) is 0 Å². The van der Waals surface area contributed by atoms with Gasteiger partial charge < -0.3 is 5.32 Å². The largest absolute Gasteiger partial charge is 0.313 e. The van der Waals surface area contributed by atoms with Crippen molar-refractivity contribution >= 4 is 11.8 Å². The van der Waals surface area contributed by atoms with Crippen molar-refractivity contribution in [3.63, 3.8) is 0 Å². The molecule has 0 aliphatic heterocycles. The summed E-state index contributed by atoms with van der Waals surface area (Å²) in [7, 11) is 1.86. The van der Waals surface area contributed by atoms with Crippen LogP contribution in [0.5, 0.6) is 0 Å². The topological polar surface area (TPSA) is 55.6 Å². The number of thioether (sulfide) groups is 1. The van der Waals surface area contributed by atoms with Gasteiger partial charge in [0.2, 0.25) is 5.16 Å². The molecule has 1 atom stereocenters. The fourth-order valence-electron chi connectivity index (χ4n) is 1.45. The van der Waals surface area contributed by atoms with E-state index in [0.29, 0.717) is 11.3 Å². The maximum atomic E-state index is 3.96. The predicted octanol–water partition coefficient (Wildman–Crippen LogP) is 1.47. The van der Waals surface area contributed by atoms with Crippen molar-refractivity contribution in [2.45, 2.75) is 50.1 Å². The summed E-state index contributed by atoms with van der Waals surface area (Å²) in [6.07, 6.45) is 2.36. The van der Waals surface area contributed by atoms with Gasteiger partial charge in [-0.15, -0.1) is 5.10 Å². The highest BCUT2D eigenvalue weighted by molar-refractivity contribution is 7.99. The van der Waals surface area contributed by atoms with Crippen LogP contribution in [0.4, 0.5) is 0 Å². The number of hydrogen-bond acceptors (Lipinski definition) is 5. The van der Waals surface area contributed by atoms with Gasteiger partial charge in [0.05, 0.1) is 0 Å². The third kappa shape index (κ3) is 4.09. The van der Waals surface area contributed by atoms with Gasteiger partial charge in [0.15, 0.2) is 0 Å². The summed E-state index contributed by atoms with van der Waals surface area (Å²) in [5.41, 5.74) is 0. The van der Waals surface area contributed by atoms with Crippen molar-refractivity contribution in [1.29, 1.82) is 0 Å². The maximum absolute atomic E-state index is 3.96. The first-order valence-corrected chi connectivity index (χ1v) is 6.67. The van der Waals surface area contributed by atoms with Crippen LogP contribution < -0.4 is 5.32 Å². The zero-order chi connectivity index (χ0) is 12.0. The molecule has 0 radical (unpaired) electrons. The smallest absolute Gasteiger partial charge is 0.209 e. The van der Waals surface area contributed by atoms with Crippen LogP contribution >= 0.6 is 11.8 Å². The number of nitrogens with one attached hydrogen (secondary N) is 1. The first-order chi connectivity index (χ1) is 7.67. The molecule has 1 aromatic rings. The van der Waals surface area contributed by atoms with Gasteiger partial charge in [0.1, 0.15) is 0 Å². The third-order valence-corrected chi connectivity index (χ3v) is 3.69. The molecule has 0 aromatic carbocycles. The summed E-state index contributed by atoms with van der Waals surface area (Å²) in [5.74, 6) is 0. The molecule has 6 heteroatoms. The van der Waals surface area contributed by atoms with Gasteiger partial charge in [-0.3, -0.25) is 0 Å². The first-order valence-electron chi connectivity index (χ1n) is 5.79. The molecular formula is C10H21N5S. The summed E-state index contributed by atoms with van der Waals surface area (Å²) in [6, 6.07) is 0.626. The number of hydrogen-bond donors (Lipinski definition) is 1. The van der Waals surface area contributed by atoms with Crippen LogP contribution in [-0.4, -0.2) is 38.0 Å². The molecule has 0 aliphatic rings. The Balaban J connectivity index is 2.31. The van der Waals surface area contributed by atoms with Crippen molar-refractivity contribution in [3.05, 3.63) is 0 Å². The van der Waals surface area contributed by atoms with Crippen molar-refractivity contribution in [2.75, 3.05) is 6.54 Å². The SMILES string of the molecule is CCC(CC)NCC(C)Sc1nnnn1C. The van der Waals surface area contributed by atoms with Crippen LogP contribution in [0.1, 0.15) is 33.6 Å². The van der Waals surface area contributed by atoms with E-state index >= 15 is 0 Å². The lowest BCUT2D eigenvalue weighted by Crippen LogP contribution is -2.32. The predicted molar refractivity (Wildman–Crippen MR) is 66.5 cm³/mol. The van der Waals surface area contributed by atoms with Crippen LogP contribution in [0, 0.1) is 0 Å². The summed E-state index contributed by atoms with van der Waals surface area (Å²) in [5, 5.41) is 16.3. The van der Waals surface area contributed by atoms with Gasteiger partial charge in [0.25, 0.3) is 0 Å². The van der Waals surface area contributed by atoms with Crippen molar-refractivity contribution < 1.29 is 0 Å². The van der Waals surface area contributed by atoms with Crippen molar-refractivity contribution in [3.8, 4) is 0 Å². The fraction of sp³-hybridized carbons (Fsp3) is 0.900. The average molecular weight is 243 g/mol. The third-order valence-electron chi connectivity index (χ3n) is 2.57. The quantitative estimate of drug-likeness (QED) is 0.735. The van der Waals surface area contributed by atoms with Gasteiger partial charge in [-0.25, -0.2) is 4.68 Å². The highest BCUT2D eigenvalue weighted by Crippen LogP contribution is 2.18. The Labute approximate surface area is 101 Å². The lowest BCUT2D eigenvalue weighted by atomic mass is 10.2. The Kier molecular flexibility index (Phi) is 5.76. The zero-order valence-electron chi connectivity index (χ0n) is 10.5. The van der Waals surface area contributed by atoms with Crippen LogP contribution in [0.3, 0.4) is 0 Å². The van der Waals surface area contributed by atoms with Crippen LogP contribution in [0.2, 0.25) is 0 Å². The fourth-order valence-corrected chi connectivity index (χ4v) is 2.26. The Morgan fingerprint density at radius 2 is 2.06 bits per heavy atom. The standard InChI is InChI=1S/C10H21N5S/c1-5-9(6-2)11-7-8(3)16-10-12-13-14-15(10)4/h8-9,11H,5-7H2,1-4H3. The molecule has 0 saturated carbocycles. The van der Waals surface area contributed by atoms with Crippen LogP contribution in [0.15, 0.2) is 5.16 Å². The molecular weight excluding hydrogens is 222 g/mol. The Morgan fingerprint density at radius 1 is 1.38 bits per heavy atom. The molecule has 0 fully saturated rings. The molecule has 0 saturated heterocycles. The van der Waals surface area contributed by atoms with Crippen molar-refractivity contribution in [1.82, 2.24) is 25.5 Å². The van der Waals surface area contributed by atoms with Crippen molar-refractivity contribution in [2.24, 2.45) is 7.05 Å². The van der Waals surface area contributed by atoms with E-state index in [4.69, 9.17) is 0 Å². The monoisotopic (exact) mass is 243 g/mol. The molecule has 0 bridgehead atoms. The van der Waals surface area contributed by atoms with E-state index in [1.54, 1.807) is 16.4 Å². The molecule has 0 amide bonds. The second-order valence-corrected chi connectivity index (χ2v) is 5.34. The van der Waals surface area contributed by atoms with E-state index in [2.05, 4.69) is 41.6 Å². The van der Waals surface area contributed by atoms with E-state index in [0.717, 1.165) is 11.7 Å². The van der Waals surface area contributed by atoms with E-state index in [1.165, 1.54) is 12.8 Å². The van der Waals surface area contributed by atoms with Gasteiger partial charge >= 0.3 is 0 Å². The molecule has 0 spiro atoms. The zero-order valence-corrected chi connectivity index (χ0v) is 11.3. The second kappa shape index (κ2) is 6.85. The number of nitrogens with zero attached hydrogens (tertiary/aromatic N) is 4. The first kappa shape index (κ1) is 13.4. The molecule has 1 rings (SSSR count). The van der Waals surface area contributed by atoms with E-state index in [1.807, 2.05) is 7.05 Å². The number of tetrazole rings is 1. The summed E-state index contributed by atoms with van der Waals surface area (Å²) in [4.78, 5) is 0. The molecule has 1 aromatic heterocycles. The van der Waals surface area contributed by atoms with Gasteiger partial charge in [-0.05, 0) is 23.3 Å². The minimum absolute atomic E-state index is 0.477. The van der Waals surface area contributed by atoms with Gasteiger partial charge in [-0.1, -0.05) is 32.5 Å². The minimum Gasteiger partial charge on any atom is -0.313 e. The van der Waals surface area contributed by atoms with E-state index < -0.39 is 0 Å². The van der Waals surface area contributed by atoms with Crippen LogP contribution in [-0.2, 0) is 7.05 Å². The normalized spacial score (nSPS) is 13.3. The van der Waals surface area contributed by atoms with E-state index in [-0.39, 0.29) is 0 Å². The Hall–Kier alpha value is -0.620. The molecule has 16 heavy (non-hydrogen) atoms. The molecule has 1 N–H and O–H groups in total. The Bertz CT molecular complexity index is 297. The molecule has 0 aliphatic carbocycles. The molecule has 5 nitrogen and oxygen atoms in total.